The number of rotatable bonds is 3. The molecule has 0 fully saturated rings. The Kier molecular flexibility index (Phi) is 3.19. The number of hydrogen-bond donors (Lipinski definition) is 0. The summed E-state index contributed by atoms with van der Waals surface area (Å²) in [5.41, 5.74) is 2.21. The Bertz CT molecular complexity index is 652. The van der Waals surface area contributed by atoms with E-state index in [1.165, 1.54) is 0 Å². The molecule has 1 aliphatic rings. The maximum absolute atomic E-state index is 10.7. The molecule has 0 atom stereocenters. The first-order valence-corrected chi connectivity index (χ1v) is 6.46. The predicted molar refractivity (Wildman–Crippen MR) is 72.0 cm³/mol. The van der Waals surface area contributed by atoms with E-state index in [2.05, 4.69) is 15.0 Å². The van der Waals surface area contributed by atoms with Crippen molar-refractivity contribution in [1.82, 2.24) is 19.7 Å². The van der Waals surface area contributed by atoms with Gasteiger partial charge in [-0.25, -0.2) is 9.67 Å². The topological polar surface area (TPSA) is 77.1 Å². The van der Waals surface area contributed by atoms with Crippen LogP contribution in [0.5, 0.6) is 0 Å². The van der Waals surface area contributed by atoms with Gasteiger partial charge in [-0.2, -0.15) is 5.10 Å². The van der Waals surface area contributed by atoms with E-state index >= 15 is 0 Å². The van der Waals surface area contributed by atoms with Crippen molar-refractivity contribution in [2.45, 2.75) is 26.6 Å². The van der Waals surface area contributed by atoms with Crippen LogP contribution in [0.4, 0.5) is 5.69 Å². The van der Waals surface area contributed by atoms with Crippen LogP contribution in [0, 0.1) is 17.0 Å². The highest BCUT2D eigenvalue weighted by Gasteiger charge is 2.18. The van der Waals surface area contributed by atoms with Gasteiger partial charge in [-0.1, -0.05) is 6.07 Å². The lowest BCUT2D eigenvalue weighted by Gasteiger charge is -2.27. The lowest BCUT2D eigenvalue weighted by molar-refractivity contribution is -0.384. The first-order valence-electron chi connectivity index (χ1n) is 6.46. The molecule has 0 N–H and O–H groups in total. The third kappa shape index (κ3) is 2.39. The molecule has 104 valence electrons. The molecule has 2 aromatic rings. The third-order valence-electron chi connectivity index (χ3n) is 3.62. The largest absolute Gasteiger partial charge is 0.290 e. The second-order valence-electron chi connectivity index (χ2n) is 4.98. The van der Waals surface area contributed by atoms with Crippen molar-refractivity contribution in [1.29, 1.82) is 0 Å². The number of aromatic nitrogens is 3. The zero-order valence-corrected chi connectivity index (χ0v) is 11.2. The maximum Gasteiger partial charge on any atom is 0.269 e. The van der Waals surface area contributed by atoms with Crippen molar-refractivity contribution in [3.63, 3.8) is 0 Å². The van der Waals surface area contributed by atoms with Crippen molar-refractivity contribution in [2.24, 2.45) is 0 Å². The number of non-ortho nitro benzene ring substituents is 1. The van der Waals surface area contributed by atoms with Gasteiger partial charge >= 0.3 is 0 Å². The Hall–Kier alpha value is -2.28. The van der Waals surface area contributed by atoms with Crippen LogP contribution in [0.2, 0.25) is 0 Å². The standard InChI is InChI=1S/C13H15N5O2/c1-10-6-12(18(19)20)3-2-11(10)7-16-4-5-17-13(8-16)14-9-15-17/h2-3,6,9H,4-5,7-8H2,1H3. The Balaban J connectivity index is 1.74. The highest BCUT2D eigenvalue weighted by molar-refractivity contribution is 5.39. The summed E-state index contributed by atoms with van der Waals surface area (Å²) in [6.45, 7) is 5.19. The fourth-order valence-corrected chi connectivity index (χ4v) is 2.46. The summed E-state index contributed by atoms with van der Waals surface area (Å²) in [5.74, 6) is 0.968. The molecule has 0 saturated heterocycles. The van der Waals surface area contributed by atoms with Gasteiger partial charge in [0.05, 0.1) is 18.0 Å². The van der Waals surface area contributed by atoms with Crippen molar-refractivity contribution < 1.29 is 4.92 Å². The van der Waals surface area contributed by atoms with Gasteiger partial charge < -0.3 is 0 Å². The summed E-state index contributed by atoms with van der Waals surface area (Å²) in [7, 11) is 0. The quantitative estimate of drug-likeness (QED) is 0.625. The molecular weight excluding hydrogens is 258 g/mol. The zero-order valence-electron chi connectivity index (χ0n) is 11.2. The van der Waals surface area contributed by atoms with Crippen LogP contribution < -0.4 is 0 Å². The average molecular weight is 273 g/mol. The van der Waals surface area contributed by atoms with Crippen LogP contribution in [0.15, 0.2) is 24.5 Å². The molecule has 7 heteroatoms. The molecule has 0 saturated carbocycles. The number of fused-ring (bicyclic) bond motifs is 1. The van der Waals surface area contributed by atoms with Crippen LogP contribution in [-0.4, -0.2) is 31.1 Å². The highest BCUT2D eigenvalue weighted by atomic mass is 16.6. The summed E-state index contributed by atoms with van der Waals surface area (Å²) in [6.07, 6.45) is 1.58. The van der Waals surface area contributed by atoms with E-state index in [1.807, 2.05) is 17.7 Å². The number of nitro groups is 1. The van der Waals surface area contributed by atoms with Gasteiger partial charge in [0.15, 0.2) is 0 Å². The molecule has 0 radical (unpaired) electrons. The minimum atomic E-state index is -0.361. The van der Waals surface area contributed by atoms with E-state index in [4.69, 9.17) is 0 Å². The van der Waals surface area contributed by atoms with E-state index in [0.29, 0.717) is 0 Å². The Morgan fingerprint density at radius 2 is 2.25 bits per heavy atom. The molecule has 1 aromatic heterocycles. The molecule has 2 heterocycles. The minimum Gasteiger partial charge on any atom is -0.290 e. The van der Waals surface area contributed by atoms with E-state index < -0.39 is 0 Å². The average Bonchev–Trinajstić information content (AvgIpc) is 2.88. The molecule has 1 aliphatic heterocycles. The van der Waals surface area contributed by atoms with Crippen LogP contribution in [-0.2, 0) is 19.6 Å². The Labute approximate surface area is 116 Å². The molecule has 0 amide bonds. The number of hydrogen-bond acceptors (Lipinski definition) is 5. The summed E-state index contributed by atoms with van der Waals surface area (Å²) >= 11 is 0. The predicted octanol–water partition coefficient (Wildman–Crippen LogP) is 1.51. The number of nitro benzene ring substituents is 1. The van der Waals surface area contributed by atoms with Crippen molar-refractivity contribution in [3.8, 4) is 0 Å². The number of nitrogens with zero attached hydrogens (tertiary/aromatic N) is 5. The smallest absolute Gasteiger partial charge is 0.269 e. The third-order valence-corrected chi connectivity index (χ3v) is 3.62. The molecule has 1 aromatic carbocycles. The van der Waals surface area contributed by atoms with Crippen LogP contribution in [0.1, 0.15) is 17.0 Å². The van der Waals surface area contributed by atoms with Crippen molar-refractivity contribution >= 4 is 5.69 Å². The van der Waals surface area contributed by atoms with Gasteiger partial charge in [-0.15, -0.1) is 0 Å². The maximum atomic E-state index is 10.7. The molecular formula is C13H15N5O2. The SMILES string of the molecule is Cc1cc([N+](=O)[O-])ccc1CN1CCn2ncnc2C1. The fraction of sp³-hybridized carbons (Fsp3) is 0.385. The molecule has 0 aliphatic carbocycles. The number of benzene rings is 1. The molecule has 0 spiro atoms. The van der Waals surface area contributed by atoms with Crippen molar-refractivity contribution in [3.05, 3.63) is 51.6 Å². The van der Waals surface area contributed by atoms with Crippen LogP contribution >= 0.6 is 0 Å². The first kappa shape index (κ1) is 12.7. The van der Waals surface area contributed by atoms with Gasteiger partial charge in [0.2, 0.25) is 0 Å². The number of aryl methyl sites for hydroxylation is 1. The zero-order chi connectivity index (χ0) is 14.1. The monoisotopic (exact) mass is 273 g/mol. The summed E-state index contributed by atoms with van der Waals surface area (Å²) in [4.78, 5) is 16.9. The summed E-state index contributed by atoms with van der Waals surface area (Å²) in [5, 5.41) is 14.9. The van der Waals surface area contributed by atoms with E-state index in [1.54, 1.807) is 18.5 Å². The van der Waals surface area contributed by atoms with E-state index in [-0.39, 0.29) is 10.6 Å². The second kappa shape index (κ2) is 5.01. The second-order valence-corrected chi connectivity index (χ2v) is 4.98. The fourth-order valence-electron chi connectivity index (χ4n) is 2.46. The summed E-state index contributed by atoms with van der Waals surface area (Å²) < 4.78 is 1.92. The van der Waals surface area contributed by atoms with E-state index in [0.717, 1.165) is 43.1 Å². The molecule has 3 rings (SSSR count). The highest BCUT2D eigenvalue weighted by Crippen LogP contribution is 2.20. The Morgan fingerprint density at radius 1 is 1.40 bits per heavy atom. The van der Waals surface area contributed by atoms with Gasteiger partial charge in [-0.05, 0) is 18.1 Å². The molecule has 7 nitrogen and oxygen atoms in total. The molecule has 20 heavy (non-hydrogen) atoms. The minimum absolute atomic E-state index is 0.143. The van der Waals surface area contributed by atoms with Gasteiger partial charge in [0.1, 0.15) is 12.2 Å². The Morgan fingerprint density at radius 3 is 3.00 bits per heavy atom. The van der Waals surface area contributed by atoms with Gasteiger partial charge in [0, 0.05) is 25.2 Å². The van der Waals surface area contributed by atoms with Gasteiger partial charge in [-0.3, -0.25) is 15.0 Å². The molecule has 0 unspecified atom stereocenters. The van der Waals surface area contributed by atoms with Gasteiger partial charge in [0.25, 0.3) is 5.69 Å². The lowest BCUT2D eigenvalue weighted by Crippen LogP contribution is -2.34. The summed E-state index contributed by atoms with van der Waals surface area (Å²) in [6, 6.07) is 5.03. The van der Waals surface area contributed by atoms with Crippen molar-refractivity contribution in [2.75, 3.05) is 6.54 Å². The lowest BCUT2D eigenvalue weighted by atomic mass is 10.1. The van der Waals surface area contributed by atoms with E-state index in [9.17, 15) is 10.1 Å². The first-order chi connectivity index (χ1) is 9.63. The van der Waals surface area contributed by atoms with Crippen LogP contribution in [0.25, 0.3) is 0 Å². The normalized spacial score (nSPS) is 15.1. The molecule has 0 bridgehead atoms. The van der Waals surface area contributed by atoms with Crippen LogP contribution in [0.3, 0.4) is 0 Å².